The number of oxazole rings is 1. The molecule has 0 saturated carbocycles. The summed E-state index contributed by atoms with van der Waals surface area (Å²) in [6.07, 6.45) is -2.17. The first-order valence-corrected chi connectivity index (χ1v) is 8.48. The lowest BCUT2D eigenvalue weighted by molar-refractivity contribution is -0.141. The SMILES string of the molecule is Cn1cc(C(=O)NCC(C)(C)c2coc(-c3ccccc3)n2)c(C(F)(F)F)n1. The number of carbonyl (C=O) groups is 1. The molecule has 1 aromatic carbocycles. The van der Waals surface area contributed by atoms with Gasteiger partial charge in [-0.15, -0.1) is 0 Å². The minimum atomic E-state index is -4.71. The molecule has 3 aromatic rings. The zero-order valence-corrected chi connectivity index (χ0v) is 15.5. The molecule has 1 N–H and O–H groups in total. The number of nitrogens with one attached hydrogen (secondary N) is 1. The molecule has 6 nitrogen and oxygen atoms in total. The summed E-state index contributed by atoms with van der Waals surface area (Å²) in [5, 5.41) is 5.88. The number of alkyl halides is 3. The lowest BCUT2D eigenvalue weighted by atomic mass is 9.90. The van der Waals surface area contributed by atoms with E-state index in [4.69, 9.17) is 4.42 Å². The van der Waals surface area contributed by atoms with Gasteiger partial charge in [0.1, 0.15) is 6.26 Å². The van der Waals surface area contributed by atoms with E-state index in [1.165, 1.54) is 13.3 Å². The highest BCUT2D eigenvalue weighted by Gasteiger charge is 2.39. The number of aryl methyl sites for hydroxylation is 1. The van der Waals surface area contributed by atoms with Crippen LogP contribution in [-0.2, 0) is 18.6 Å². The van der Waals surface area contributed by atoms with E-state index in [-0.39, 0.29) is 6.54 Å². The summed E-state index contributed by atoms with van der Waals surface area (Å²) < 4.78 is 45.6. The summed E-state index contributed by atoms with van der Waals surface area (Å²) >= 11 is 0. The van der Waals surface area contributed by atoms with E-state index < -0.39 is 28.8 Å². The Labute approximate surface area is 159 Å². The standard InChI is InChI=1S/C19H19F3N4O2/c1-18(2,14-10-28-17(24-14)12-7-5-4-6-8-12)11-23-16(27)13-9-26(3)25-15(13)19(20,21)22/h4-10H,11H2,1-3H3,(H,23,27). The highest BCUT2D eigenvalue weighted by atomic mass is 19.4. The number of benzene rings is 1. The van der Waals surface area contributed by atoms with Crippen molar-refractivity contribution in [3.05, 3.63) is 59.7 Å². The van der Waals surface area contributed by atoms with Crippen molar-refractivity contribution in [2.45, 2.75) is 25.4 Å². The Balaban J connectivity index is 1.74. The van der Waals surface area contributed by atoms with Crippen molar-refractivity contribution in [1.29, 1.82) is 0 Å². The van der Waals surface area contributed by atoms with Gasteiger partial charge in [-0.05, 0) is 12.1 Å². The molecule has 3 rings (SSSR count). The van der Waals surface area contributed by atoms with E-state index in [1.54, 1.807) is 0 Å². The second kappa shape index (κ2) is 7.14. The summed E-state index contributed by atoms with van der Waals surface area (Å²) in [6.45, 7) is 3.69. The van der Waals surface area contributed by atoms with Crippen molar-refractivity contribution in [2.75, 3.05) is 6.54 Å². The molecule has 2 heterocycles. The lowest BCUT2D eigenvalue weighted by Crippen LogP contribution is -2.37. The van der Waals surface area contributed by atoms with Crippen molar-refractivity contribution in [3.63, 3.8) is 0 Å². The van der Waals surface area contributed by atoms with Gasteiger partial charge in [0.25, 0.3) is 5.91 Å². The first kappa shape index (κ1) is 19.7. The largest absolute Gasteiger partial charge is 0.444 e. The van der Waals surface area contributed by atoms with Gasteiger partial charge in [-0.1, -0.05) is 32.0 Å². The monoisotopic (exact) mass is 392 g/mol. The van der Waals surface area contributed by atoms with E-state index in [2.05, 4.69) is 15.4 Å². The summed E-state index contributed by atoms with van der Waals surface area (Å²) in [7, 11) is 1.33. The Kier molecular flexibility index (Phi) is 5.01. The van der Waals surface area contributed by atoms with E-state index in [1.807, 2.05) is 44.2 Å². The Morgan fingerprint density at radius 1 is 1.21 bits per heavy atom. The molecule has 1 amide bonds. The quantitative estimate of drug-likeness (QED) is 0.717. The average Bonchev–Trinajstić information content (AvgIpc) is 3.27. The molecular weight excluding hydrogens is 373 g/mol. The number of aromatic nitrogens is 3. The van der Waals surface area contributed by atoms with Crippen LogP contribution >= 0.6 is 0 Å². The third-order valence-corrected chi connectivity index (χ3v) is 4.25. The highest BCUT2D eigenvalue weighted by Crippen LogP contribution is 2.31. The summed E-state index contributed by atoms with van der Waals surface area (Å²) in [5.41, 5.74) is -1.01. The van der Waals surface area contributed by atoms with Crippen molar-refractivity contribution >= 4 is 5.91 Å². The minimum absolute atomic E-state index is 0.0682. The number of hydrogen-bond acceptors (Lipinski definition) is 4. The number of carbonyl (C=O) groups excluding carboxylic acids is 1. The van der Waals surface area contributed by atoms with Crippen LogP contribution in [0.5, 0.6) is 0 Å². The van der Waals surface area contributed by atoms with E-state index in [0.717, 1.165) is 16.4 Å². The van der Waals surface area contributed by atoms with Gasteiger partial charge in [-0.3, -0.25) is 9.48 Å². The fourth-order valence-corrected chi connectivity index (χ4v) is 2.65. The van der Waals surface area contributed by atoms with Gasteiger partial charge in [0.2, 0.25) is 5.89 Å². The number of amides is 1. The van der Waals surface area contributed by atoms with Crippen molar-refractivity contribution < 1.29 is 22.4 Å². The van der Waals surface area contributed by atoms with Crippen LogP contribution in [0.15, 0.2) is 47.2 Å². The van der Waals surface area contributed by atoms with Crippen molar-refractivity contribution in [1.82, 2.24) is 20.1 Å². The number of halogens is 3. The zero-order valence-electron chi connectivity index (χ0n) is 15.5. The second-order valence-corrected chi connectivity index (χ2v) is 7.03. The molecule has 0 aliphatic rings. The van der Waals surface area contributed by atoms with Crippen molar-refractivity contribution in [2.24, 2.45) is 7.05 Å². The van der Waals surface area contributed by atoms with Gasteiger partial charge in [0.05, 0.1) is 11.3 Å². The Morgan fingerprint density at radius 2 is 1.89 bits per heavy atom. The first-order chi connectivity index (χ1) is 13.1. The number of hydrogen-bond donors (Lipinski definition) is 1. The third kappa shape index (κ3) is 4.08. The molecule has 148 valence electrons. The topological polar surface area (TPSA) is 73.0 Å². The maximum absolute atomic E-state index is 13.0. The molecule has 0 aliphatic carbocycles. The van der Waals surface area contributed by atoms with Crippen LogP contribution in [0.25, 0.3) is 11.5 Å². The van der Waals surface area contributed by atoms with Gasteiger partial charge in [0, 0.05) is 30.8 Å². The van der Waals surface area contributed by atoms with Crippen LogP contribution in [0.3, 0.4) is 0 Å². The smallest absolute Gasteiger partial charge is 0.435 e. The normalized spacial score (nSPS) is 12.2. The van der Waals surface area contributed by atoms with Gasteiger partial charge >= 0.3 is 6.18 Å². The predicted octanol–water partition coefficient (Wildman–Crippen LogP) is 3.80. The molecular formula is C19H19F3N4O2. The van der Waals surface area contributed by atoms with Gasteiger partial charge in [-0.25, -0.2) is 4.98 Å². The lowest BCUT2D eigenvalue weighted by Gasteiger charge is -2.22. The molecule has 0 radical (unpaired) electrons. The molecule has 0 atom stereocenters. The minimum Gasteiger partial charge on any atom is -0.444 e. The highest BCUT2D eigenvalue weighted by molar-refractivity contribution is 5.95. The van der Waals surface area contributed by atoms with Crippen LogP contribution in [0.1, 0.15) is 35.6 Å². The maximum atomic E-state index is 13.0. The fraction of sp³-hybridized carbons (Fsp3) is 0.316. The molecule has 0 fully saturated rings. The molecule has 0 unspecified atom stereocenters. The Bertz CT molecular complexity index is 975. The Hall–Kier alpha value is -3.10. The maximum Gasteiger partial charge on any atom is 0.435 e. The van der Waals surface area contributed by atoms with Crippen molar-refractivity contribution in [3.8, 4) is 11.5 Å². The molecule has 28 heavy (non-hydrogen) atoms. The Morgan fingerprint density at radius 3 is 2.54 bits per heavy atom. The van der Waals surface area contributed by atoms with E-state index in [0.29, 0.717) is 11.6 Å². The number of nitrogens with zero attached hydrogens (tertiary/aromatic N) is 3. The predicted molar refractivity (Wildman–Crippen MR) is 95.5 cm³/mol. The van der Waals surface area contributed by atoms with Gasteiger partial charge in [0.15, 0.2) is 5.69 Å². The van der Waals surface area contributed by atoms with Gasteiger partial charge < -0.3 is 9.73 Å². The molecule has 0 spiro atoms. The second-order valence-electron chi connectivity index (χ2n) is 7.03. The number of rotatable bonds is 5. The van der Waals surface area contributed by atoms with E-state index in [9.17, 15) is 18.0 Å². The molecule has 2 aromatic heterocycles. The van der Waals surface area contributed by atoms with Crippen LogP contribution in [0.4, 0.5) is 13.2 Å². The summed E-state index contributed by atoms with van der Waals surface area (Å²) in [4.78, 5) is 16.8. The van der Waals surface area contributed by atoms with Crippen LogP contribution in [0, 0.1) is 0 Å². The van der Waals surface area contributed by atoms with E-state index >= 15 is 0 Å². The van der Waals surface area contributed by atoms with Gasteiger partial charge in [-0.2, -0.15) is 18.3 Å². The zero-order chi connectivity index (χ0) is 20.5. The third-order valence-electron chi connectivity index (χ3n) is 4.25. The van der Waals surface area contributed by atoms with Crippen LogP contribution in [-0.4, -0.2) is 27.2 Å². The summed E-state index contributed by atoms with van der Waals surface area (Å²) in [5.74, 6) is -0.415. The molecule has 0 bridgehead atoms. The molecule has 9 heteroatoms. The average molecular weight is 392 g/mol. The molecule has 0 aliphatic heterocycles. The first-order valence-electron chi connectivity index (χ1n) is 8.48. The molecule has 0 saturated heterocycles. The van der Waals surface area contributed by atoms with Crippen LogP contribution < -0.4 is 5.32 Å². The fourth-order valence-electron chi connectivity index (χ4n) is 2.65. The van der Waals surface area contributed by atoms with Crippen LogP contribution in [0.2, 0.25) is 0 Å². The summed E-state index contributed by atoms with van der Waals surface area (Å²) in [6, 6.07) is 9.30.